The number of hydrogen-bond donors (Lipinski definition) is 2. The summed E-state index contributed by atoms with van der Waals surface area (Å²) in [5.74, 6) is -1.96. The number of nitrogens with one attached hydrogen (secondary N) is 1. The lowest BCUT2D eigenvalue weighted by Gasteiger charge is -2.24. The van der Waals surface area contributed by atoms with Gasteiger partial charge in [-0.05, 0) is 35.9 Å². The van der Waals surface area contributed by atoms with E-state index in [-0.39, 0.29) is 18.0 Å². The number of halogens is 3. The third kappa shape index (κ3) is 3.39. The molecule has 0 aliphatic rings. The standard InChI is InChI=1S/C18H15ClF2N4O/c1-23-18(22)25(12-4-2-3-11(19)8-12)9-10-7-15(26)24-17-13(10)5-6-14(20)16(17)21/h2-8H,9H2,1H3,(H2,22,23)(H,24,26). The minimum atomic E-state index is -1.10. The minimum absolute atomic E-state index is 0.120. The average Bonchev–Trinajstić information content (AvgIpc) is 2.62. The second-order valence-corrected chi connectivity index (χ2v) is 6.03. The molecule has 0 bridgehead atoms. The lowest BCUT2D eigenvalue weighted by atomic mass is 10.1. The highest BCUT2D eigenvalue weighted by molar-refractivity contribution is 6.30. The molecule has 3 N–H and O–H groups in total. The van der Waals surface area contributed by atoms with E-state index >= 15 is 0 Å². The molecule has 0 atom stereocenters. The van der Waals surface area contributed by atoms with E-state index in [1.54, 1.807) is 29.2 Å². The van der Waals surface area contributed by atoms with Crippen molar-refractivity contribution in [3.05, 3.63) is 75.0 Å². The highest BCUT2D eigenvalue weighted by atomic mass is 35.5. The second-order valence-electron chi connectivity index (χ2n) is 5.59. The Balaban J connectivity index is 2.16. The number of pyridine rings is 1. The van der Waals surface area contributed by atoms with Gasteiger partial charge < -0.3 is 15.6 Å². The van der Waals surface area contributed by atoms with Gasteiger partial charge in [0.2, 0.25) is 5.56 Å². The molecule has 26 heavy (non-hydrogen) atoms. The molecule has 8 heteroatoms. The lowest BCUT2D eigenvalue weighted by molar-refractivity contribution is 0.515. The highest BCUT2D eigenvalue weighted by Crippen LogP contribution is 2.25. The predicted octanol–water partition coefficient (Wildman–Crippen LogP) is 3.41. The number of benzene rings is 2. The molecule has 0 unspecified atom stereocenters. The SMILES string of the molecule is CN=C(N)N(Cc1cc(=O)[nH]c2c(F)c(F)ccc12)c1cccc(Cl)c1. The zero-order valence-corrected chi connectivity index (χ0v) is 14.5. The molecule has 0 fully saturated rings. The van der Waals surface area contributed by atoms with Crippen molar-refractivity contribution in [2.24, 2.45) is 10.7 Å². The van der Waals surface area contributed by atoms with Crippen LogP contribution in [0.4, 0.5) is 14.5 Å². The topological polar surface area (TPSA) is 74.5 Å². The van der Waals surface area contributed by atoms with Gasteiger partial charge in [0.15, 0.2) is 17.6 Å². The van der Waals surface area contributed by atoms with E-state index in [0.29, 0.717) is 21.7 Å². The fourth-order valence-corrected chi connectivity index (χ4v) is 2.89. The smallest absolute Gasteiger partial charge is 0.248 e. The Morgan fingerprint density at radius 1 is 1.27 bits per heavy atom. The summed E-state index contributed by atoms with van der Waals surface area (Å²) in [6.45, 7) is 0.120. The van der Waals surface area contributed by atoms with Crippen molar-refractivity contribution in [3.8, 4) is 0 Å². The van der Waals surface area contributed by atoms with Crippen molar-refractivity contribution >= 4 is 34.2 Å². The summed E-state index contributed by atoms with van der Waals surface area (Å²) in [7, 11) is 1.53. The summed E-state index contributed by atoms with van der Waals surface area (Å²) in [5.41, 5.74) is 6.38. The van der Waals surface area contributed by atoms with Gasteiger partial charge >= 0.3 is 0 Å². The lowest BCUT2D eigenvalue weighted by Crippen LogP contribution is -2.37. The molecule has 5 nitrogen and oxygen atoms in total. The van der Waals surface area contributed by atoms with Crippen LogP contribution in [0.3, 0.4) is 0 Å². The van der Waals surface area contributed by atoms with Crippen LogP contribution in [0.25, 0.3) is 10.9 Å². The number of aromatic amines is 1. The van der Waals surface area contributed by atoms with E-state index in [2.05, 4.69) is 9.98 Å². The van der Waals surface area contributed by atoms with E-state index in [9.17, 15) is 13.6 Å². The van der Waals surface area contributed by atoms with Gasteiger partial charge in [-0.25, -0.2) is 8.78 Å². The quantitative estimate of drug-likeness (QED) is 0.543. The molecule has 0 aliphatic carbocycles. The van der Waals surface area contributed by atoms with E-state index in [0.717, 1.165) is 6.07 Å². The highest BCUT2D eigenvalue weighted by Gasteiger charge is 2.17. The third-order valence-electron chi connectivity index (χ3n) is 3.95. The van der Waals surface area contributed by atoms with E-state index in [4.69, 9.17) is 17.3 Å². The van der Waals surface area contributed by atoms with Crippen LogP contribution in [-0.2, 0) is 6.54 Å². The van der Waals surface area contributed by atoms with Crippen molar-refractivity contribution in [1.29, 1.82) is 0 Å². The summed E-state index contributed by atoms with van der Waals surface area (Å²) in [5, 5.41) is 0.875. The molecule has 0 saturated heterocycles. The summed E-state index contributed by atoms with van der Waals surface area (Å²) >= 11 is 6.04. The molecule has 3 rings (SSSR count). The van der Waals surface area contributed by atoms with Gasteiger partial charge in [-0.3, -0.25) is 9.79 Å². The van der Waals surface area contributed by atoms with Crippen LogP contribution in [-0.4, -0.2) is 18.0 Å². The number of H-pyrrole nitrogens is 1. The van der Waals surface area contributed by atoms with Gasteiger partial charge in [0.25, 0.3) is 0 Å². The summed E-state index contributed by atoms with van der Waals surface area (Å²) < 4.78 is 27.6. The molecule has 134 valence electrons. The maximum absolute atomic E-state index is 14.1. The summed E-state index contributed by atoms with van der Waals surface area (Å²) in [6.07, 6.45) is 0. The van der Waals surface area contributed by atoms with Gasteiger partial charge in [-0.2, -0.15) is 0 Å². The molecule has 0 aliphatic heterocycles. The monoisotopic (exact) mass is 376 g/mol. The Labute approximate surface area is 152 Å². The van der Waals surface area contributed by atoms with Crippen LogP contribution in [0.2, 0.25) is 5.02 Å². The van der Waals surface area contributed by atoms with Crippen LogP contribution in [0.5, 0.6) is 0 Å². The molecular weight excluding hydrogens is 362 g/mol. The number of rotatable bonds is 3. The number of aromatic nitrogens is 1. The number of nitrogens with zero attached hydrogens (tertiary/aromatic N) is 2. The van der Waals surface area contributed by atoms with E-state index in [1.165, 1.54) is 19.2 Å². The predicted molar refractivity (Wildman–Crippen MR) is 99.7 cm³/mol. The van der Waals surface area contributed by atoms with E-state index < -0.39 is 17.2 Å². The van der Waals surface area contributed by atoms with Crippen molar-refractivity contribution in [2.75, 3.05) is 11.9 Å². The maximum atomic E-state index is 14.1. The van der Waals surface area contributed by atoms with Crippen LogP contribution in [0.15, 0.2) is 52.3 Å². The van der Waals surface area contributed by atoms with Crippen molar-refractivity contribution in [3.63, 3.8) is 0 Å². The number of guanidine groups is 1. The molecule has 0 radical (unpaired) electrons. The molecule has 0 spiro atoms. The third-order valence-corrected chi connectivity index (χ3v) is 4.18. The van der Waals surface area contributed by atoms with Crippen molar-refractivity contribution in [1.82, 2.24) is 4.98 Å². The number of hydrogen-bond acceptors (Lipinski definition) is 2. The van der Waals surface area contributed by atoms with Crippen LogP contribution < -0.4 is 16.2 Å². The van der Waals surface area contributed by atoms with Crippen LogP contribution in [0.1, 0.15) is 5.56 Å². The van der Waals surface area contributed by atoms with Crippen molar-refractivity contribution < 1.29 is 8.78 Å². The summed E-state index contributed by atoms with van der Waals surface area (Å²) in [6, 6.07) is 10.7. The van der Waals surface area contributed by atoms with E-state index in [1.807, 2.05) is 0 Å². The molecular formula is C18H15ClF2N4O. The molecule has 1 heterocycles. The number of nitrogens with two attached hydrogens (primary N) is 1. The maximum Gasteiger partial charge on any atom is 0.248 e. The number of aliphatic imine (C=N–C) groups is 1. The van der Waals surface area contributed by atoms with Crippen LogP contribution >= 0.6 is 11.6 Å². The fourth-order valence-electron chi connectivity index (χ4n) is 2.71. The Hall–Kier alpha value is -2.93. The largest absolute Gasteiger partial charge is 0.370 e. The first-order valence-electron chi connectivity index (χ1n) is 7.66. The Morgan fingerprint density at radius 3 is 2.73 bits per heavy atom. The van der Waals surface area contributed by atoms with Gasteiger partial charge in [-0.15, -0.1) is 0 Å². The first-order chi connectivity index (χ1) is 12.4. The number of fused-ring (bicyclic) bond motifs is 1. The molecule has 3 aromatic rings. The first-order valence-corrected chi connectivity index (χ1v) is 8.03. The first kappa shape index (κ1) is 17.9. The summed E-state index contributed by atoms with van der Waals surface area (Å²) in [4.78, 5) is 19.9. The normalized spacial score (nSPS) is 11.8. The Morgan fingerprint density at radius 2 is 2.04 bits per heavy atom. The fraction of sp³-hybridized carbons (Fsp3) is 0.111. The molecule has 2 aromatic carbocycles. The minimum Gasteiger partial charge on any atom is -0.370 e. The molecule has 1 aromatic heterocycles. The van der Waals surface area contributed by atoms with Gasteiger partial charge in [0.1, 0.15) is 0 Å². The molecule has 0 amide bonds. The zero-order valence-electron chi connectivity index (χ0n) is 13.8. The average molecular weight is 377 g/mol. The van der Waals surface area contributed by atoms with Crippen LogP contribution in [0, 0.1) is 11.6 Å². The zero-order chi connectivity index (χ0) is 18.8. The number of anilines is 1. The second kappa shape index (κ2) is 7.13. The Kier molecular flexibility index (Phi) is 4.90. The van der Waals surface area contributed by atoms with Gasteiger partial charge in [0.05, 0.1) is 12.1 Å². The van der Waals surface area contributed by atoms with Gasteiger partial charge in [-0.1, -0.05) is 17.7 Å². The van der Waals surface area contributed by atoms with Crippen molar-refractivity contribution in [2.45, 2.75) is 6.54 Å². The Bertz CT molecular complexity index is 1060. The van der Waals surface area contributed by atoms with Gasteiger partial charge in [0, 0.05) is 29.2 Å². The molecule has 0 saturated carbocycles.